The lowest BCUT2D eigenvalue weighted by Crippen LogP contribution is -2.60. The zero-order valence-corrected chi connectivity index (χ0v) is 19.6. The van der Waals surface area contributed by atoms with Crippen LogP contribution in [0.5, 0.6) is 0 Å². The molecule has 1 aromatic carbocycles. The van der Waals surface area contributed by atoms with E-state index >= 15 is 0 Å². The Morgan fingerprint density at radius 3 is 2.55 bits per heavy atom. The van der Waals surface area contributed by atoms with Crippen molar-refractivity contribution >= 4 is 22.8 Å². The monoisotopic (exact) mass is 451 g/mol. The van der Waals surface area contributed by atoms with Gasteiger partial charge in [-0.3, -0.25) is 9.59 Å². The zero-order chi connectivity index (χ0) is 23.0. The van der Waals surface area contributed by atoms with Gasteiger partial charge in [-0.05, 0) is 69.4 Å². The van der Waals surface area contributed by atoms with Crippen LogP contribution in [0.3, 0.4) is 0 Å². The van der Waals surface area contributed by atoms with Gasteiger partial charge in [-0.2, -0.15) is 0 Å². The summed E-state index contributed by atoms with van der Waals surface area (Å²) < 4.78 is 29.4. The Kier molecular flexibility index (Phi) is 6.91. The van der Waals surface area contributed by atoms with Crippen molar-refractivity contribution in [2.45, 2.75) is 76.3 Å². The first-order valence-electron chi connectivity index (χ1n) is 11.0. The molecule has 6 atom stereocenters. The Labute approximate surface area is 186 Å². The molecule has 0 saturated heterocycles. The first kappa shape index (κ1) is 23.9. The molecular weight excluding hydrogens is 417 g/mol. The standard InChI is InChI=1S/C23H34FN3O3S/c1-5-15-10-14-11-16(13-23(4,12-14)20(25)28)19(15)26-21(29)22(2,3)27-31(30)18-9-7-6-8-17(18)24/h6-9,14-16,19,27H,5,10-13H2,1-4H3,(H2,25,28)(H,26,29). The minimum atomic E-state index is -1.87. The molecule has 0 spiro atoms. The minimum absolute atomic E-state index is 0.0137. The van der Waals surface area contributed by atoms with Crippen molar-refractivity contribution in [2.24, 2.45) is 28.9 Å². The minimum Gasteiger partial charge on any atom is -0.369 e. The number of hydrogen-bond acceptors (Lipinski definition) is 3. The van der Waals surface area contributed by atoms with Gasteiger partial charge in [0.25, 0.3) is 0 Å². The van der Waals surface area contributed by atoms with E-state index in [1.54, 1.807) is 19.9 Å². The highest BCUT2D eigenvalue weighted by molar-refractivity contribution is 7.83. The van der Waals surface area contributed by atoms with Gasteiger partial charge in [0.15, 0.2) is 0 Å². The average Bonchev–Trinajstić information content (AvgIpc) is 2.69. The number of fused-ring (bicyclic) bond motifs is 2. The average molecular weight is 452 g/mol. The lowest BCUT2D eigenvalue weighted by atomic mass is 9.57. The first-order chi connectivity index (χ1) is 14.5. The van der Waals surface area contributed by atoms with E-state index in [1.165, 1.54) is 18.2 Å². The number of halogens is 1. The third kappa shape index (κ3) is 5.00. The quantitative estimate of drug-likeness (QED) is 0.594. The van der Waals surface area contributed by atoms with Crippen LogP contribution in [0, 0.1) is 29.0 Å². The third-order valence-electron chi connectivity index (χ3n) is 7.11. The molecule has 3 rings (SSSR count). The summed E-state index contributed by atoms with van der Waals surface area (Å²) in [4.78, 5) is 25.3. The number of primary amides is 1. The van der Waals surface area contributed by atoms with E-state index in [9.17, 15) is 18.2 Å². The predicted octanol–water partition coefficient (Wildman–Crippen LogP) is 3.04. The Morgan fingerprint density at radius 2 is 1.94 bits per heavy atom. The van der Waals surface area contributed by atoms with Crippen LogP contribution < -0.4 is 15.8 Å². The number of carbonyl (C=O) groups is 2. The lowest BCUT2D eigenvalue weighted by Gasteiger charge is -2.51. The van der Waals surface area contributed by atoms with E-state index in [-0.39, 0.29) is 28.7 Å². The number of nitrogens with one attached hydrogen (secondary N) is 2. The molecular formula is C23H34FN3O3S. The summed E-state index contributed by atoms with van der Waals surface area (Å²) in [5, 5.41) is 3.18. The summed E-state index contributed by atoms with van der Waals surface area (Å²) >= 11 is 0. The number of amides is 2. The summed E-state index contributed by atoms with van der Waals surface area (Å²) in [6, 6.07) is 5.74. The SMILES string of the molecule is CCC1CC2CC(CC(C)(C(N)=O)C2)C1NC(=O)C(C)(C)NS(=O)c1ccccc1F. The van der Waals surface area contributed by atoms with E-state index in [0.29, 0.717) is 18.3 Å². The molecule has 2 bridgehead atoms. The van der Waals surface area contributed by atoms with Gasteiger partial charge in [0.2, 0.25) is 11.8 Å². The van der Waals surface area contributed by atoms with Crippen LogP contribution in [-0.4, -0.2) is 27.6 Å². The van der Waals surface area contributed by atoms with Crippen molar-refractivity contribution in [3.63, 3.8) is 0 Å². The van der Waals surface area contributed by atoms with Crippen LogP contribution >= 0.6 is 0 Å². The molecule has 2 fully saturated rings. The highest BCUT2D eigenvalue weighted by Crippen LogP contribution is 2.50. The molecule has 6 unspecified atom stereocenters. The van der Waals surface area contributed by atoms with Gasteiger partial charge in [0, 0.05) is 11.5 Å². The number of benzene rings is 1. The molecule has 172 valence electrons. The Bertz CT molecular complexity index is 877. The molecule has 0 heterocycles. The van der Waals surface area contributed by atoms with E-state index in [0.717, 1.165) is 25.7 Å². The van der Waals surface area contributed by atoms with E-state index in [4.69, 9.17) is 5.73 Å². The third-order valence-corrected chi connectivity index (χ3v) is 8.53. The van der Waals surface area contributed by atoms with Crippen molar-refractivity contribution in [1.82, 2.24) is 10.0 Å². The maximum absolute atomic E-state index is 14.0. The van der Waals surface area contributed by atoms with Gasteiger partial charge in [-0.25, -0.2) is 13.3 Å². The normalized spacial score (nSPS) is 31.6. The van der Waals surface area contributed by atoms with Crippen LogP contribution in [0.25, 0.3) is 0 Å². The maximum Gasteiger partial charge on any atom is 0.240 e. The number of hydrogen-bond donors (Lipinski definition) is 3. The van der Waals surface area contributed by atoms with Crippen LogP contribution in [0.4, 0.5) is 4.39 Å². The molecule has 0 aliphatic heterocycles. The van der Waals surface area contributed by atoms with Crippen molar-refractivity contribution in [1.29, 1.82) is 0 Å². The fraction of sp³-hybridized carbons (Fsp3) is 0.652. The van der Waals surface area contributed by atoms with Gasteiger partial charge < -0.3 is 11.1 Å². The second-order valence-corrected chi connectivity index (χ2v) is 11.2. The predicted molar refractivity (Wildman–Crippen MR) is 118 cm³/mol. The summed E-state index contributed by atoms with van der Waals surface area (Å²) in [5.74, 6) is -0.212. The van der Waals surface area contributed by atoms with Crippen LogP contribution in [-0.2, 0) is 20.6 Å². The molecule has 2 amide bonds. The fourth-order valence-electron chi connectivity index (χ4n) is 5.42. The van der Waals surface area contributed by atoms with Crippen LogP contribution in [0.1, 0.15) is 59.8 Å². The molecule has 6 nitrogen and oxygen atoms in total. The zero-order valence-electron chi connectivity index (χ0n) is 18.7. The molecule has 1 aromatic rings. The van der Waals surface area contributed by atoms with E-state index in [2.05, 4.69) is 17.0 Å². The Balaban J connectivity index is 1.74. The summed E-state index contributed by atoms with van der Waals surface area (Å²) in [6.45, 7) is 7.33. The highest BCUT2D eigenvalue weighted by Gasteiger charge is 2.49. The largest absolute Gasteiger partial charge is 0.369 e. The molecule has 2 aliphatic carbocycles. The van der Waals surface area contributed by atoms with E-state index < -0.39 is 27.8 Å². The van der Waals surface area contributed by atoms with Crippen LogP contribution in [0.2, 0.25) is 0 Å². The molecule has 0 aromatic heterocycles. The van der Waals surface area contributed by atoms with Crippen LogP contribution in [0.15, 0.2) is 29.2 Å². The van der Waals surface area contributed by atoms with Gasteiger partial charge >= 0.3 is 0 Å². The van der Waals surface area contributed by atoms with Gasteiger partial charge in [-0.15, -0.1) is 0 Å². The molecule has 4 N–H and O–H groups in total. The summed E-state index contributed by atoms with van der Waals surface area (Å²) in [5.41, 5.74) is 3.99. The maximum atomic E-state index is 14.0. The molecule has 2 saturated carbocycles. The molecule has 8 heteroatoms. The highest BCUT2D eigenvalue weighted by atomic mass is 32.2. The lowest BCUT2D eigenvalue weighted by molar-refractivity contribution is -0.134. The smallest absolute Gasteiger partial charge is 0.240 e. The fourth-order valence-corrected chi connectivity index (χ4v) is 6.54. The van der Waals surface area contributed by atoms with Crippen molar-refractivity contribution in [3.8, 4) is 0 Å². The van der Waals surface area contributed by atoms with Gasteiger partial charge in [0.05, 0.1) is 4.90 Å². The van der Waals surface area contributed by atoms with Crippen molar-refractivity contribution < 1.29 is 18.2 Å². The molecule has 31 heavy (non-hydrogen) atoms. The topological polar surface area (TPSA) is 101 Å². The van der Waals surface area contributed by atoms with Gasteiger partial charge in [0.1, 0.15) is 22.3 Å². The Hall–Kier alpha value is -1.80. The summed E-state index contributed by atoms with van der Waals surface area (Å²) in [6.07, 6.45) is 4.33. The first-order valence-corrected chi connectivity index (χ1v) is 12.2. The molecule has 0 radical (unpaired) electrons. The number of carbonyl (C=O) groups excluding carboxylic acids is 2. The van der Waals surface area contributed by atoms with E-state index in [1.807, 2.05) is 6.92 Å². The Morgan fingerprint density at radius 1 is 1.26 bits per heavy atom. The summed E-state index contributed by atoms with van der Waals surface area (Å²) in [7, 11) is -1.87. The van der Waals surface area contributed by atoms with Gasteiger partial charge in [-0.1, -0.05) is 32.4 Å². The number of nitrogens with two attached hydrogens (primary N) is 1. The van der Waals surface area contributed by atoms with Crippen molar-refractivity contribution in [3.05, 3.63) is 30.1 Å². The molecule has 2 aliphatic rings. The second-order valence-electron chi connectivity index (χ2n) is 10.0. The second kappa shape index (κ2) is 8.98. The van der Waals surface area contributed by atoms with Crippen molar-refractivity contribution in [2.75, 3.05) is 0 Å². The number of rotatable bonds is 7.